The van der Waals surface area contributed by atoms with Crippen molar-refractivity contribution in [2.24, 2.45) is 0 Å². The molecular weight excluding hydrogens is 480 g/mol. The van der Waals surface area contributed by atoms with E-state index < -0.39 is 0 Å². The summed E-state index contributed by atoms with van der Waals surface area (Å²) in [6.45, 7) is 0. The Labute approximate surface area is 223 Å². The Morgan fingerprint density at radius 2 is 0.865 bits per heavy atom. The van der Waals surface area contributed by atoms with Gasteiger partial charge in [-0.2, -0.15) is 0 Å². The van der Waals surface area contributed by atoms with Gasteiger partial charge in [0.05, 0.1) is 38.2 Å². The molecule has 4 rings (SSSR count). The fourth-order valence-electron chi connectivity index (χ4n) is 3.90. The number of benzene rings is 4. The van der Waals surface area contributed by atoms with Crippen molar-refractivity contribution in [3.8, 4) is 23.0 Å². The average molecular weight is 511 g/mol. The number of ether oxygens (including phenoxy) is 4. The van der Waals surface area contributed by atoms with E-state index in [1.807, 2.05) is 60.7 Å². The summed E-state index contributed by atoms with van der Waals surface area (Å²) in [7, 11) is 6.61. The van der Waals surface area contributed by atoms with Crippen LogP contribution >= 0.6 is 11.8 Å². The van der Waals surface area contributed by atoms with E-state index in [2.05, 4.69) is 48.6 Å². The van der Waals surface area contributed by atoms with Crippen LogP contribution in [0.4, 0.5) is 0 Å². The maximum absolute atomic E-state index is 5.86. The summed E-state index contributed by atoms with van der Waals surface area (Å²) in [5.41, 5.74) is 4.21. The van der Waals surface area contributed by atoms with Gasteiger partial charge in [-0.15, -0.1) is 0 Å². The van der Waals surface area contributed by atoms with Gasteiger partial charge in [0, 0.05) is 0 Å². The zero-order chi connectivity index (χ0) is 26.0. The minimum atomic E-state index is 0.658. The van der Waals surface area contributed by atoms with Crippen LogP contribution in [0.3, 0.4) is 0 Å². The van der Waals surface area contributed by atoms with E-state index in [0.717, 1.165) is 32.0 Å². The Bertz CT molecular complexity index is 1270. The Morgan fingerprint density at radius 3 is 1.22 bits per heavy atom. The summed E-state index contributed by atoms with van der Waals surface area (Å²) < 4.78 is 23.0. The van der Waals surface area contributed by atoms with E-state index in [1.165, 1.54) is 0 Å². The van der Waals surface area contributed by atoms with Crippen LogP contribution in [-0.4, -0.2) is 28.4 Å². The van der Waals surface area contributed by atoms with Crippen LogP contribution in [0.5, 0.6) is 23.0 Å². The second kappa shape index (κ2) is 12.7. The third kappa shape index (κ3) is 6.19. The minimum absolute atomic E-state index is 0.658. The lowest BCUT2D eigenvalue weighted by molar-refractivity contribution is 0.346. The van der Waals surface area contributed by atoms with Gasteiger partial charge >= 0.3 is 0 Å². The lowest BCUT2D eigenvalue weighted by Gasteiger charge is -2.19. The monoisotopic (exact) mass is 510 g/mol. The van der Waals surface area contributed by atoms with Crippen molar-refractivity contribution in [3.63, 3.8) is 0 Å². The molecule has 0 bridgehead atoms. The molecule has 0 unspecified atom stereocenters. The largest absolute Gasteiger partial charge is 0.493 e. The molecule has 0 aromatic heterocycles. The van der Waals surface area contributed by atoms with Crippen LogP contribution < -0.4 is 18.9 Å². The van der Waals surface area contributed by atoms with Crippen LogP contribution in [0.25, 0.3) is 24.3 Å². The molecule has 0 aliphatic heterocycles. The van der Waals surface area contributed by atoms with Crippen LogP contribution in [0.1, 0.15) is 22.3 Å². The van der Waals surface area contributed by atoms with Crippen molar-refractivity contribution in [2.45, 2.75) is 9.79 Å². The van der Waals surface area contributed by atoms with Gasteiger partial charge < -0.3 is 18.9 Å². The zero-order valence-electron chi connectivity index (χ0n) is 21.4. The van der Waals surface area contributed by atoms with E-state index in [0.29, 0.717) is 23.0 Å². The molecule has 4 nitrogen and oxygen atoms in total. The molecule has 0 fully saturated rings. The van der Waals surface area contributed by atoms with Crippen LogP contribution in [0.15, 0.2) is 94.7 Å². The Balaban J connectivity index is 1.86. The van der Waals surface area contributed by atoms with Gasteiger partial charge in [-0.05, 0) is 46.5 Å². The van der Waals surface area contributed by atoms with Crippen LogP contribution in [-0.2, 0) is 0 Å². The Hall–Kier alpha value is -4.09. The van der Waals surface area contributed by atoms with Gasteiger partial charge in [0.2, 0.25) is 0 Å². The molecule has 0 saturated carbocycles. The predicted octanol–water partition coefficient (Wildman–Crippen LogP) is 8.21. The molecule has 0 amide bonds. The van der Waals surface area contributed by atoms with E-state index in [-0.39, 0.29) is 0 Å². The predicted molar refractivity (Wildman–Crippen MR) is 154 cm³/mol. The standard InChI is InChI=1S/C32H30O4S/c1-33-27-21-19-25(17-15-23-11-7-5-8-12-23)31(29(27)35-3)37-32-26(18-16-24-13-9-6-10-14-24)20-22-28(34-2)30(32)36-4/h5-22H,1-4H3. The van der Waals surface area contributed by atoms with Gasteiger partial charge in [-0.1, -0.05) is 96.7 Å². The normalized spacial score (nSPS) is 11.1. The molecule has 0 radical (unpaired) electrons. The number of rotatable bonds is 10. The molecule has 188 valence electrons. The Kier molecular flexibility index (Phi) is 8.95. The second-order valence-corrected chi connectivity index (χ2v) is 9.05. The SMILES string of the molecule is COc1ccc(C=Cc2ccccc2)c(Sc2c(C=Cc3ccccc3)ccc(OC)c2OC)c1OC. The molecular formula is C32H30O4S. The van der Waals surface area contributed by atoms with Crippen molar-refractivity contribution in [3.05, 3.63) is 107 Å². The molecule has 4 aromatic rings. The molecule has 0 atom stereocenters. The van der Waals surface area contributed by atoms with Crippen molar-refractivity contribution >= 4 is 36.1 Å². The molecule has 4 aromatic carbocycles. The lowest BCUT2D eigenvalue weighted by atomic mass is 10.1. The minimum Gasteiger partial charge on any atom is -0.493 e. The van der Waals surface area contributed by atoms with E-state index in [9.17, 15) is 0 Å². The van der Waals surface area contributed by atoms with Crippen LogP contribution in [0, 0.1) is 0 Å². The molecule has 0 saturated heterocycles. The Morgan fingerprint density at radius 1 is 0.459 bits per heavy atom. The summed E-state index contributed by atoms with van der Waals surface area (Å²) >= 11 is 1.56. The third-order valence-electron chi connectivity index (χ3n) is 5.77. The fraction of sp³-hybridized carbons (Fsp3) is 0.125. The molecule has 37 heavy (non-hydrogen) atoms. The third-order valence-corrected chi connectivity index (χ3v) is 7.03. The summed E-state index contributed by atoms with van der Waals surface area (Å²) in [5.74, 6) is 2.63. The molecule has 0 spiro atoms. The van der Waals surface area contributed by atoms with Gasteiger partial charge in [-0.25, -0.2) is 0 Å². The first-order chi connectivity index (χ1) is 18.2. The number of hydrogen-bond acceptors (Lipinski definition) is 5. The van der Waals surface area contributed by atoms with Crippen molar-refractivity contribution in [1.82, 2.24) is 0 Å². The molecule has 0 N–H and O–H groups in total. The smallest absolute Gasteiger partial charge is 0.175 e. The summed E-state index contributed by atoms with van der Waals surface area (Å²) in [4.78, 5) is 1.82. The first-order valence-electron chi connectivity index (χ1n) is 11.8. The second-order valence-electron chi connectivity index (χ2n) is 8.03. The van der Waals surface area contributed by atoms with Crippen molar-refractivity contribution in [1.29, 1.82) is 0 Å². The van der Waals surface area contributed by atoms with Gasteiger partial charge in [0.1, 0.15) is 0 Å². The topological polar surface area (TPSA) is 36.9 Å². The van der Waals surface area contributed by atoms with E-state index in [1.54, 1.807) is 40.2 Å². The highest BCUT2D eigenvalue weighted by atomic mass is 32.2. The molecule has 0 heterocycles. The highest BCUT2D eigenvalue weighted by Gasteiger charge is 2.21. The van der Waals surface area contributed by atoms with Gasteiger partial charge in [0.15, 0.2) is 23.0 Å². The van der Waals surface area contributed by atoms with Crippen molar-refractivity contribution < 1.29 is 18.9 Å². The summed E-state index contributed by atoms with van der Waals surface area (Å²) in [6, 6.07) is 28.3. The average Bonchev–Trinajstić information content (AvgIpc) is 2.96. The van der Waals surface area contributed by atoms with E-state index in [4.69, 9.17) is 18.9 Å². The fourth-order valence-corrected chi connectivity index (χ4v) is 5.17. The summed E-state index contributed by atoms with van der Waals surface area (Å²) in [5, 5.41) is 0. The zero-order valence-corrected chi connectivity index (χ0v) is 22.3. The molecule has 0 aliphatic rings. The highest BCUT2D eigenvalue weighted by Crippen LogP contribution is 2.50. The molecule has 0 aliphatic carbocycles. The number of hydrogen-bond donors (Lipinski definition) is 0. The highest BCUT2D eigenvalue weighted by molar-refractivity contribution is 7.99. The first kappa shape index (κ1) is 26.0. The van der Waals surface area contributed by atoms with E-state index >= 15 is 0 Å². The molecule has 5 heteroatoms. The van der Waals surface area contributed by atoms with Gasteiger partial charge in [0.25, 0.3) is 0 Å². The summed E-state index contributed by atoms with van der Waals surface area (Å²) in [6.07, 6.45) is 8.35. The quantitative estimate of drug-likeness (QED) is 0.201. The van der Waals surface area contributed by atoms with Crippen molar-refractivity contribution in [2.75, 3.05) is 28.4 Å². The maximum atomic E-state index is 5.86. The van der Waals surface area contributed by atoms with Crippen LogP contribution in [0.2, 0.25) is 0 Å². The maximum Gasteiger partial charge on any atom is 0.175 e. The first-order valence-corrected chi connectivity index (χ1v) is 12.6. The van der Waals surface area contributed by atoms with Gasteiger partial charge in [-0.3, -0.25) is 0 Å². The number of methoxy groups -OCH3 is 4. The lowest BCUT2D eigenvalue weighted by Crippen LogP contribution is -1.97.